The molecule has 152 valence electrons. The first kappa shape index (κ1) is 19.8. The lowest BCUT2D eigenvalue weighted by Crippen LogP contribution is -2.37. The average molecular weight is 410 g/mol. The number of hydrogen-bond acceptors (Lipinski definition) is 4. The van der Waals surface area contributed by atoms with Crippen molar-refractivity contribution in [2.45, 2.75) is 37.9 Å². The Hall–Kier alpha value is -2.47. The van der Waals surface area contributed by atoms with Crippen LogP contribution in [0, 0.1) is 6.92 Å². The van der Waals surface area contributed by atoms with Gasteiger partial charge in [-0.1, -0.05) is 41.6 Å². The lowest BCUT2D eigenvalue weighted by molar-refractivity contribution is -0.132. The summed E-state index contributed by atoms with van der Waals surface area (Å²) in [7, 11) is 0. The van der Waals surface area contributed by atoms with Gasteiger partial charge in [0.2, 0.25) is 5.91 Å². The summed E-state index contributed by atoms with van der Waals surface area (Å²) in [6.45, 7) is 4.75. The summed E-state index contributed by atoms with van der Waals surface area (Å²) >= 11 is 1.64. The molecule has 0 unspecified atom stereocenters. The molecule has 5 nitrogen and oxygen atoms in total. The van der Waals surface area contributed by atoms with E-state index in [1.54, 1.807) is 11.8 Å². The van der Waals surface area contributed by atoms with E-state index >= 15 is 0 Å². The minimum atomic E-state index is 0.186. The predicted molar refractivity (Wildman–Crippen MR) is 118 cm³/mol. The Labute approximate surface area is 176 Å². The van der Waals surface area contributed by atoms with Gasteiger partial charge in [-0.15, -0.1) is 0 Å². The number of aromatic nitrogens is 2. The normalized spacial score (nSPS) is 14.3. The Morgan fingerprint density at radius 2 is 1.83 bits per heavy atom. The van der Waals surface area contributed by atoms with Gasteiger partial charge in [0.25, 0.3) is 0 Å². The first-order valence-corrected chi connectivity index (χ1v) is 11.2. The number of fused-ring (bicyclic) bond motifs is 1. The number of hydrogen-bond donors (Lipinski definition) is 0. The van der Waals surface area contributed by atoms with Crippen LogP contribution in [0.1, 0.15) is 24.8 Å². The van der Waals surface area contributed by atoms with Gasteiger partial charge in [-0.05, 0) is 50.5 Å². The maximum atomic E-state index is 12.8. The van der Waals surface area contributed by atoms with Crippen LogP contribution in [0.25, 0.3) is 11.0 Å². The zero-order valence-electron chi connectivity index (χ0n) is 16.8. The van der Waals surface area contributed by atoms with Crippen LogP contribution in [-0.4, -0.2) is 45.8 Å². The number of thioether (sulfide) groups is 1. The molecule has 1 aliphatic rings. The molecule has 0 aliphatic carbocycles. The van der Waals surface area contributed by atoms with E-state index in [2.05, 4.69) is 11.5 Å². The molecule has 1 fully saturated rings. The molecule has 0 atom stereocenters. The van der Waals surface area contributed by atoms with E-state index in [1.807, 2.05) is 53.4 Å². The second-order valence-electron chi connectivity index (χ2n) is 7.42. The van der Waals surface area contributed by atoms with Crippen LogP contribution in [0.15, 0.2) is 53.7 Å². The van der Waals surface area contributed by atoms with Gasteiger partial charge >= 0.3 is 0 Å². The first-order valence-electron chi connectivity index (χ1n) is 10.3. The van der Waals surface area contributed by atoms with E-state index in [0.29, 0.717) is 13.2 Å². The molecule has 4 rings (SSSR count). The van der Waals surface area contributed by atoms with Crippen molar-refractivity contribution in [1.82, 2.24) is 14.5 Å². The molecular formula is C23H27N3O2S. The third-order valence-corrected chi connectivity index (χ3v) is 6.17. The fourth-order valence-electron chi connectivity index (χ4n) is 3.62. The first-order chi connectivity index (χ1) is 14.2. The number of benzene rings is 2. The van der Waals surface area contributed by atoms with Crippen LogP contribution in [0.3, 0.4) is 0 Å². The van der Waals surface area contributed by atoms with Gasteiger partial charge in [0.15, 0.2) is 5.16 Å². The third-order valence-electron chi connectivity index (χ3n) is 5.23. The summed E-state index contributed by atoms with van der Waals surface area (Å²) < 4.78 is 7.90. The molecule has 3 aromatic rings. The van der Waals surface area contributed by atoms with Crippen molar-refractivity contribution in [2.75, 3.05) is 25.4 Å². The molecule has 0 spiro atoms. The molecule has 29 heavy (non-hydrogen) atoms. The van der Waals surface area contributed by atoms with Gasteiger partial charge in [-0.3, -0.25) is 4.79 Å². The third kappa shape index (κ3) is 4.93. The molecule has 0 radical (unpaired) electrons. The van der Waals surface area contributed by atoms with Crippen LogP contribution in [0.4, 0.5) is 0 Å². The minimum Gasteiger partial charge on any atom is -0.493 e. The lowest BCUT2D eigenvalue weighted by Gasteiger charge is -2.27. The molecular weight excluding hydrogens is 382 g/mol. The standard InChI is InChI=1S/C23H27N3O2S/c1-18-9-11-19(12-10-18)28-15-16-29-23-24-20-7-3-4-8-21(20)26(23)17-22(27)25-13-5-2-6-14-25/h3-4,7-12H,2,5-6,13-17H2,1H3. The van der Waals surface area contributed by atoms with Crippen molar-refractivity contribution in [3.63, 3.8) is 0 Å². The van der Waals surface area contributed by atoms with Crippen molar-refractivity contribution in [1.29, 1.82) is 0 Å². The summed E-state index contributed by atoms with van der Waals surface area (Å²) in [6, 6.07) is 16.1. The number of carbonyl (C=O) groups is 1. The molecule has 1 saturated heterocycles. The van der Waals surface area contributed by atoms with Crippen LogP contribution in [0.5, 0.6) is 5.75 Å². The largest absolute Gasteiger partial charge is 0.493 e. The Bertz CT molecular complexity index is 962. The van der Waals surface area contributed by atoms with Gasteiger partial charge < -0.3 is 14.2 Å². The zero-order valence-corrected chi connectivity index (χ0v) is 17.7. The Balaban J connectivity index is 1.43. The van der Waals surface area contributed by atoms with E-state index < -0.39 is 0 Å². The zero-order chi connectivity index (χ0) is 20.1. The topological polar surface area (TPSA) is 47.4 Å². The Morgan fingerprint density at radius 3 is 2.62 bits per heavy atom. The Morgan fingerprint density at radius 1 is 1.07 bits per heavy atom. The fourth-order valence-corrected chi connectivity index (χ4v) is 4.45. The molecule has 6 heteroatoms. The number of rotatable bonds is 7. The van der Waals surface area contributed by atoms with E-state index in [4.69, 9.17) is 9.72 Å². The predicted octanol–water partition coefficient (Wildman–Crippen LogP) is 4.53. The van der Waals surface area contributed by atoms with E-state index in [1.165, 1.54) is 12.0 Å². The van der Waals surface area contributed by atoms with E-state index in [9.17, 15) is 4.79 Å². The average Bonchev–Trinajstić information content (AvgIpc) is 3.10. The number of likely N-dealkylation sites (tertiary alicyclic amines) is 1. The molecule has 1 aliphatic heterocycles. The summed E-state index contributed by atoms with van der Waals surface area (Å²) in [6.07, 6.45) is 3.43. The SMILES string of the molecule is Cc1ccc(OCCSc2nc3ccccc3n2CC(=O)N2CCCCC2)cc1. The lowest BCUT2D eigenvalue weighted by atomic mass is 10.1. The summed E-state index contributed by atoms with van der Waals surface area (Å²) in [4.78, 5) is 19.6. The fraction of sp³-hybridized carbons (Fsp3) is 0.391. The molecule has 2 aromatic carbocycles. The number of aryl methyl sites for hydroxylation is 1. The maximum Gasteiger partial charge on any atom is 0.242 e. The maximum absolute atomic E-state index is 12.8. The van der Waals surface area contributed by atoms with E-state index in [0.717, 1.165) is 53.6 Å². The molecule has 0 N–H and O–H groups in total. The van der Waals surface area contributed by atoms with E-state index in [-0.39, 0.29) is 5.91 Å². The minimum absolute atomic E-state index is 0.186. The van der Waals surface area contributed by atoms with Crippen molar-refractivity contribution in [3.8, 4) is 5.75 Å². The van der Waals surface area contributed by atoms with Crippen molar-refractivity contribution < 1.29 is 9.53 Å². The molecule has 0 bridgehead atoms. The number of carbonyl (C=O) groups excluding carboxylic acids is 1. The van der Waals surface area contributed by atoms with Gasteiger partial charge in [0, 0.05) is 18.8 Å². The van der Waals surface area contributed by atoms with Crippen LogP contribution >= 0.6 is 11.8 Å². The number of ether oxygens (including phenoxy) is 1. The van der Waals surface area contributed by atoms with Crippen molar-refractivity contribution in [2.24, 2.45) is 0 Å². The highest BCUT2D eigenvalue weighted by Gasteiger charge is 2.20. The van der Waals surface area contributed by atoms with Crippen LogP contribution in [0.2, 0.25) is 0 Å². The Kier molecular flexibility index (Phi) is 6.39. The second-order valence-corrected chi connectivity index (χ2v) is 8.48. The van der Waals surface area contributed by atoms with Crippen LogP contribution < -0.4 is 4.74 Å². The highest BCUT2D eigenvalue weighted by Crippen LogP contribution is 2.25. The molecule has 1 amide bonds. The summed E-state index contributed by atoms with van der Waals surface area (Å²) in [5, 5.41) is 0.879. The van der Waals surface area contributed by atoms with Gasteiger partial charge in [0.05, 0.1) is 17.6 Å². The number of piperidine rings is 1. The highest BCUT2D eigenvalue weighted by atomic mass is 32.2. The van der Waals surface area contributed by atoms with Gasteiger partial charge in [0.1, 0.15) is 12.3 Å². The number of imidazole rings is 1. The molecule has 0 saturated carbocycles. The highest BCUT2D eigenvalue weighted by molar-refractivity contribution is 7.99. The van der Waals surface area contributed by atoms with Gasteiger partial charge in [-0.25, -0.2) is 4.98 Å². The summed E-state index contributed by atoms with van der Waals surface area (Å²) in [5.41, 5.74) is 3.17. The molecule has 1 aromatic heterocycles. The number of amides is 1. The van der Waals surface area contributed by atoms with Crippen LogP contribution in [-0.2, 0) is 11.3 Å². The van der Waals surface area contributed by atoms with Crippen molar-refractivity contribution in [3.05, 3.63) is 54.1 Å². The smallest absolute Gasteiger partial charge is 0.242 e. The molecule has 2 heterocycles. The second kappa shape index (κ2) is 9.35. The number of nitrogens with zero attached hydrogens (tertiary/aromatic N) is 3. The van der Waals surface area contributed by atoms with Gasteiger partial charge in [-0.2, -0.15) is 0 Å². The summed E-state index contributed by atoms with van der Waals surface area (Å²) in [5.74, 6) is 1.84. The number of para-hydroxylation sites is 2. The van der Waals surface area contributed by atoms with Crippen molar-refractivity contribution >= 4 is 28.7 Å². The monoisotopic (exact) mass is 409 g/mol. The quantitative estimate of drug-likeness (QED) is 0.425.